The topological polar surface area (TPSA) is 69.0 Å². The molecule has 0 fully saturated rings. The van der Waals surface area contributed by atoms with Crippen molar-refractivity contribution in [2.45, 2.75) is 37.6 Å². The second kappa shape index (κ2) is 10.4. The van der Waals surface area contributed by atoms with Crippen LogP contribution in [0.3, 0.4) is 0 Å². The Morgan fingerprint density at radius 3 is 2.29 bits per heavy atom. The Bertz CT molecular complexity index is 1150. The van der Waals surface area contributed by atoms with E-state index in [9.17, 15) is 31.1 Å². The third-order valence-electron chi connectivity index (χ3n) is 4.44. The Morgan fingerprint density at radius 2 is 1.65 bits per heavy atom. The first-order valence-corrected chi connectivity index (χ1v) is 10.8. The van der Waals surface area contributed by atoms with Gasteiger partial charge in [-0.1, -0.05) is 23.9 Å². The Balaban J connectivity index is 1.60. The van der Waals surface area contributed by atoms with E-state index in [-0.39, 0.29) is 23.8 Å². The van der Waals surface area contributed by atoms with E-state index >= 15 is 0 Å². The van der Waals surface area contributed by atoms with Crippen LogP contribution in [0, 0.1) is 0 Å². The van der Waals surface area contributed by atoms with Crippen LogP contribution in [-0.2, 0) is 30.3 Å². The highest BCUT2D eigenvalue weighted by Crippen LogP contribution is 2.32. The van der Waals surface area contributed by atoms with E-state index in [0.717, 1.165) is 36.0 Å². The number of ether oxygens (including phenoxy) is 1. The summed E-state index contributed by atoms with van der Waals surface area (Å²) in [6, 6.07) is 8.69. The number of nitrogens with zero attached hydrogens (tertiary/aromatic N) is 3. The molecule has 13 heteroatoms. The summed E-state index contributed by atoms with van der Waals surface area (Å²) < 4.78 is 84.0. The van der Waals surface area contributed by atoms with Gasteiger partial charge in [0.05, 0.1) is 16.9 Å². The number of amides is 1. The van der Waals surface area contributed by atoms with Crippen LogP contribution >= 0.6 is 11.8 Å². The summed E-state index contributed by atoms with van der Waals surface area (Å²) in [4.78, 5) is 12.2. The van der Waals surface area contributed by atoms with Gasteiger partial charge in [0.1, 0.15) is 12.4 Å². The van der Waals surface area contributed by atoms with Gasteiger partial charge >= 0.3 is 12.4 Å². The van der Waals surface area contributed by atoms with Crippen LogP contribution in [0.25, 0.3) is 0 Å². The highest BCUT2D eigenvalue weighted by atomic mass is 32.2. The molecule has 0 saturated carbocycles. The van der Waals surface area contributed by atoms with Gasteiger partial charge in [0.15, 0.2) is 11.0 Å². The summed E-state index contributed by atoms with van der Waals surface area (Å²) in [6.45, 7) is 2.02. The van der Waals surface area contributed by atoms with E-state index < -0.39 is 29.4 Å². The molecule has 1 heterocycles. The van der Waals surface area contributed by atoms with Gasteiger partial charge in [0.2, 0.25) is 5.91 Å². The Morgan fingerprint density at radius 1 is 1.00 bits per heavy atom. The zero-order chi connectivity index (χ0) is 24.9. The van der Waals surface area contributed by atoms with Gasteiger partial charge in [-0.25, -0.2) is 0 Å². The molecular formula is C21H18F6N4O2S. The summed E-state index contributed by atoms with van der Waals surface area (Å²) in [5.41, 5.74) is -1.72. The Hall–Kier alpha value is -3.22. The summed E-state index contributed by atoms with van der Waals surface area (Å²) in [5.74, 6) is -0.351. The van der Waals surface area contributed by atoms with Gasteiger partial charge < -0.3 is 14.6 Å². The lowest BCUT2D eigenvalue weighted by molar-refractivity contribution is -0.138. The van der Waals surface area contributed by atoms with E-state index in [4.69, 9.17) is 4.74 Å². The molecule has 2 aromatic carbocycles. The maximum atomic E-state index is 12.8. The molecule has 0 atom stereocenters. The van der Waals surface area contributed by atoms with Crippen molar-refractivity contribution in [3.05, 3.63) is 65.5 Å². The van der Waals surface area contributed by atoms with Gasteiger partial charge in [-0.15, -0.1) is 10.2 Å². The maximum Gasteiger partial charge on any atom is 0.416 e. The van der Waals surface area contributed by atoms with Gasteiger partial charge in [-0.3, -0.25) is 4.79 Å². The highest BCUT2D eigenvalue weighted by Gasteiger charge is 2.31. The number of anilines is 1. The molecule has 0 bridgehead atoms. The fourth-order valence-electron chi connectivity index (χ4n) is 2.86. The third-order valence-corrected chi connectivity index (χ3v) is 5.41. The van der Waals surface area contributed by atoms with E-state index in [0.29, 0.717) is 17.5 Å². The molecular weight excluding hydrogens is 486 g/mol. The quantitative estimate of drug-likeness (QED) is 0.317. The minimum absolute atomic E-state index is 0.00700. The van der Waals surface area contributed by atoms with Crippen molar-refractivity contribution in [3.63, 3.8) is 0 Å². The zero-order valence-corrected chi connectivity index (χ0v) is 18.4. The van der Waals surface area contributed by atoms with Crippen molar-refractivity contribution in [1.82, 2.24) is 14.8 Å². The summed E-state index contributed by atoms with van der Waals surface area (Å²) in [6.07, 6.45) is -9.03. The maximum absolute atomic E-state index is 12.8. The fourth-order valence-corrected chi connectivity index (χ4v) is 3.68. The number of nitrogens with one attached hydrogen (secondary N) is 1. The number of rotatable bonds is 8. The van der Waals surface area contributed by atoms with Crippen LogP contribution < -0.4 is 10.1 Å². The van der Waals surface area contributed by atoms with Crippen LogP contribution in [0.1, 0.15) is 23.9 Å². The number of hydrogen-bond acceptors (Lipinski definition) is 5. The van der Waals surface area contributed by atoms with Gasteiger partial charge in [0.25, 0.3) is 0 Å². The second-order valence-corrected chi connectivity index (χ2v) is 7.82. The normalized spacial score (nSPS) is 12.0. The zero-order valence-electron chi connectivity index (χ0n) is 17.6. The minimum Gasteiger partial charge on any atom is -0.486 e. The van der Waals surface area contributed by atoms with Crippen LogP contribution in [0.2, 0.25) is 0 Å². The summed E-state index contributed by atoms with van der Waals surface area (Å²) >= 11 is 1.01. The Kier molecular flexibility index (Phi) is 7.75. The van der Waals surface area contributed by atoms with Crippen molar-refractivity contribution in [1.29, 1.82) is 0 Å². The van der Waals surface area contributed by atoms with Gasteiger partial charge in [-0.2, -0.15) is 26.3 Å². The van der Waals surface area contributed by atoms with Gasteiger partial charge in [0, 0.05) is 12.2 Å². The van der Waals surface area contributed by atoms with Crippen LogP contribution in [0.4, 0.5) is 32.0 Å². The van der Waals surface area contributed by atoms with Crippen LogP contribution in [0.15, 0.2) is 53.7 Å². The second-order valence-electron chi connectivity index (χ2n) is 6.87. The average Bonchev–Trinajstić information content (AvgIpc) is 3.17. The van der Waals surface area contributed by atoms with Crippen molar-refractivity contribution < 1.29 is 35.9 Å². The predicted molar refractivity (Wildman–Crippen MR) is 112 cm³/mol. The molecule has 3 rings (SSSR count). The molecule has 0 unspecified atom stereocenters. The number of alkyl halides is 6. The average molecular weight is 504 g/mol. The van der Waals surface area contributed by atoms with E-state index in [1.54, 1.807) is 11.5 Å². The molecule has 1 amide bonds. The molecule has 0 aliphatic carbocycles. The number of benzene rings is 2. The number of carbonyl (C=O) groups is 1. The molecule has 6 nitrogen and oxygen atoms in total. The molecule has 3 aromatic rings. The molecule has 34 heavy (non-hydrogen) atoms. The number of thioether (sulfide) groups is 1. The van der Waals surface area contributed by atoms with Gasteiger partial charge in [-0.05, 0) is 43.3 Å². The molecule has 0 aliphatic rings. The van der Waals surface area contributed by atoms with Crippen molar-refractivity contribution in [2.75, 3.05) is 11.1 Å². The van der Waals surface area contributed by atoms with E-state index in [1.165, 1.54) is 24.3 Å². The molecule has 0 radical (unpaired) electrons. The smallest absolute Gasteiger partial charge is 0.416 e. The lowest BCUT2D eigenvalue weighted by atomic mass is 10.2. The van der Waals surface area contributed by atoms with Crippen molar-refractivity contribution in [2.24, 2.45) is 0 Å². The molecule has 0 spiro atoms. The number of aromatic nitrogens is 3. The van der Waals surface area contributed by atoms with Crippen LogP contribution in [-0.4, -0.2) is 26.4 Å². The number of halogens is 6. The Labute approximate surface area is 194 Å². The number of carbonyl (C=O) groups excluding carboxylic acids is 1. The first-order valence-electron chi connectivity index (χ1n) is 9.79. The summed E-state index contributed by atoms with van der Waals surface area (Å²) in [7, 11) is 0. The molecule has 0 aliphatic heterocycles. The SMILES string of the molecule is CCn1c(COc2cccc(C(F)(F)F)c2)nnc1SCC(=O)Nc1cccc(C(F)(F)F)c1. The predicted octanol–water partition coefficient (Wildman–Crippen LogP) is 5.65. The van der Waals surface area contributed by atoms with E-state index in [2.05, 4.69) is 15.5 Å². The monoisotopic (exact) mass is 504 g/mol. The lowest BCUT2D eigenvalue weighted by Gasteiger charge is -2.11. The minimum atomic E-state index is -4.53. The van der Waals surface area contributed by atoms with Crippen molar-refractivity contribution in [3.8, 4) is 5.75 Å². The molecule has 0 saturated heterocycles. The largest absolute Gasteiger partial charge is 0.486 e. The standard InChI is InChI=1S/C21H18F6N4O2S/c1-2-31-17(11-33-16-8-4-6-14(10-16)21(25,26)27)29-30-19(31)34-12-18(32)28-15-7-3-5-13(9-15)20(22,23)24/h3-10H,2,11-12H2,1H3,(H,28,32). The molecule has 1 N–H and O–H groups in total. The number of hydrogen-bond donors (Lipinski definition) is 1. The summed E-state index contributed by atoms with van der Waals surface area (Å²) in [5, 5.41) is 10.7. The van der Waals surface area contributed by atoms with E-state index in [1.807, 2.05) is 0 Å². The highest BCUT2D eigenvalue weighted by molar-refractivity contribution is 7.99. The van der Waals surface area contributed by atoms with Crippen molar-refractivity contribution >= 4 is 23.4 Å². The third kappa shape index (κ3) is 6.65. The first kappa shape index (κ1) is 25.4. The molecule has 1 aromatic heterocycles. The molecule has 182 valence electrons. The van der Waals surface area contributed by atoms with Crippen LogP contribution in [0.5, 0.6) is 5.75 Å². The first-order chi connectivity index (χ1) is 16.0. The lowest BCUT2D eigenvalue weighted by Crippen LogP contribution is -2.15. The fraction of sp³-hybridized carbons (Fsp3) is 0.286.